The first-order chi connectivity index (χ1) is 11.2. The van der Waals surface area contributed by atoms with Crippen LogP contribution in [0.3, 0.4) is 0 Å². The Morgan fingerprint density at radius 2 is 2.00 bits per heavy atom. The summed E-state index contributed by atoms with van der Waals surface area (Å²) < 4.78 is 0. The largest absolute Gasteiger partial charge is 0.342 e. The van der Waals surface area contributed by atoms with Gasteiger partial charge in [-0.2, -0.15) is 0 Å². The second kappa shape index (κ2) is 5.99. The van der Waals surface area contributed by atoms with Gasteiger partial charge in [-0.15, -0.1) is 0 Å². The van der Waals surface area contributed by atoms with Crippen molar-refractivity contribution in [3.63, 3.8) is 0 Å². The van der Waals surface area contributed by atoms with E-state index in [0.29, 0.717) is 23.7 Å². The molecule has 0 unspecified atom stereocenters. The second-order valence-electron chi connectivity index (χ2n) is 7.42. The first kappa shape index (κ1) is 14.7. The van der Waals surface area contributed by atoms with Crippen molar-refractivity contribution in [3.05, 3.63) is 46.4 Å². The first-order valence-electron chi connectivity index (χ1n) is 8.84. The van der Waals surface area contributed by atoms with Gasteiger partial charge in [-0.3, -0.25) is 9.59 Å². The Morgan fingerprint density at radius 1 is 1.17 bits per heavy atom. The molecule has 122 valence electrons. The van der Waals surface area contributed by atoms with E-state index < -0.39 is 0 Å². The topological polar surface area (TPSA) is 53.2 Å². The number of fused-ring (bicyclic) bond motifs is 2. The molecule has 4 nitrogen and oxygen atoms in total. The molecule has 2 heterocycles. The van der Waals surface area contributed by atoms with Crippen molar-refractivity contribution in [2.45, 2.75) is 32.1 Å². The lowest BCUT2D eigenvalue weighted by Crippen LogP contribution is -2.43. The van der Waals surface area contributed by atoms with Gasteiger partial charge >= 0.3 is 0 Å². The van der Waals surface area contributed by atoms with Crippen molar-refractivity contribution in [2.24, 2.45) is 23.7 Å². The SMILES string of the molecule is O=C([C@H]1C[C@@H]2C=C[C@H]1C2)N1CCC(Cc2ccc(=O)[nH]c2)CC1. The summed E-state index contributed by atoms with van der Waals surface area (Å²) in [6.45, 7) is 1.79. The van der Waals surface area contributed by atoms with E-state index in [1.165, 1.54) is 12.0 Å². The van der Waals surface area contributed by atoms with Crippen LogP contribution in [-0.2, 0) is 11.2 Å². The highest BCUT2D eigenvalue weighted by Gasteiger charge is 2.41. The molecule has 1 aromatic heterocycles. The second-order valence-corrected chi connectivity index (χ2v) is 7.42. The lowest BCUT2D eigenvalue weighted by molar-refractivity contribution is -0.137. The monoisotopic (exact) mass is 312 g/mol. The number of piperidine rings is 1. The molecule has 3 aliphatic rings. The predicted molar refractivity (Wildman–Crippen MR) is 88.9 cm³/mol. The number of likely N-dealkylation sites (tertiary alicyclic amines) is 1. The Hall–Kier alpha value is -1.84. The third kappa shape index (κ3) is 2.99. The number of aromatic nitrogens is 1. The van der Waals surface area contributed by atoms with Gasteiger partial charge in [0.05, 0.1) is 0 Å². The molecule has 4 heteroatoms. The van der Waals surface area contributed by atoms with Crippen molar-refractivity contribution in [1.82, 2.24) is 9.88 Å². The van der Waals surface area contributed by atoms with Crippen LogP contribution in [0, 0.1) is 23.7 Å². The van der Waals surface area contributed by atoms with E-state index in [-0.39, 0.29) is 11.5 Å². The summed E-state index contributed by atoms with van der Waals surface area (Å²) in [4.78, 5) is 28.7. The number of nitrogens with zero attached hydrogens (tertiary/aromatic N) is 1. The Kier molecular flexibility index (Phi) is 3.83. The van der Waals surface area contributed by atoms with Crippen molar-refractivity contribution >= 4 is 5.91 Å². The van der Waals surface area contributed by atoms with Gasteiger partial charge in [0.25, 0.3) is 0 Å². The average molecular weight is 312 g/mol. The zero-order chi connectivity index (χ0) is 15.8. The minimum atomic E-state index is -0.0472. The molecule has 1 saturated carbocycles. The van der Waals surface area contributed by atoms with Crippen LogP contribution >= 0.6 is 0 Å². The van der Waals surface area contributed by atoms with Crippen LogP contribution in [0.1, 0.15) is 31.2 Å². The zero-order valence-corrected chi connectivity index (χ0v) is 13.4. The van der Waals surface area contributed by atoms with Gasteiger partial charge < -0.3 is 9.88 Å². The molecule has 0 radical (unpaired) electrons. The Labute approximate surface area is 136 Å². The number of hydrogen-bond donors (Lipinski definition) is 1. The molecule has 1 saturated heterocycles. The zero-order valence-electron chi connectivity index (χ0n) is 13.4. The maximum absolute atomic E-state index is 12.7. The van der Waals surface area contributed by atoms with Crippen LogP contribution in [0.25, 0.3) is 0 Å². The number of H-pyrrole nitrogens is 1. The van der Waals surface area contributed by atoms with Crippen LogP contribution in [0.2, 0.25) is 0 Å². The third-order valence-corrected chi connectivity index (χ3v) is 5.90. The number of hydrogen-bond acceptors (Lipinski definition) is 2. The molecular weight excluding hydrogens is 288 g/mol. The van der Waals surface area contributed by atoms with E-state index in [2.05, 4.69) is 22.0 Å². The molecule has 0 aromatic carbocycles. The molecule has 3 atom stereocenters. The number of carbonyl (C=O) groups is 1. The van der Waals surface area contributed by atoms with Gasteiger partial charge in [-0.05, 0) is 55.4 Å². The summed E-state index contributed by atoms with van der Waals surface area (Å²) in [5.74, 6) is 2.42. The molecule has 2 bridgehead atoms. The van der Waals surface area contributed by atoms with Gasteiger partial charge in [0.1, 0.15) is 0 Å². The van der Waals surface area contributed by atoms with Gasteiger partial charge in [0, 0.05) is 31.3 Å². The fourth-order valence-electron chi connectivity index (χ4n) is 4.56. The fraction of sp³-hybridized carbons (Fsp3) is 0.579. The Bertz CT molecular complexity index is 650. The highest BCUT2D eigenvalue weighted by atomic mass is 16.2. The van der Waals surface area contributed by atoms with E-state index >= 15 is 0 Å². The number of nitrogens with one attached hydrogen (secondary N) is 1. The molecule has 23 heavy (non-hydrogen) atoms. The van der Waals surface area contributed by atoms with E-state index in [9.17, 15) is 9.59 Å². The molecule has 1 aliphatic heterocycles. The number of aromatic amines is 1. The fourth-order valence-corrected chi connectivity index (χ4v) is 4.56. The van der Waals surface area contributed by atoms with Crippen LogP contribution < -0.4 is 5.56 Å². The van der Waals surface area contributed by atoms with E-state index in [1.807, 2.05) is 12.3 Å². The van der Waals surface area contributed by atoms with Crippen molar-refractivity contribution < 1.29 is 4.79 Å². The lowest BCUT2D eigenvalue weighted by Gasteiger charge is -2.34. The van der Waals surface area contributed by atoms with Crippen molar-refractivity contribution in [2.75, 3.05) is 13.1 Å². The predicted octanol–water partition coefficient (Wildman–Crippen LogP) is 2.37. The van der Waals surface area contributed by atoms with Crippen LogP contribution in [-0.4, -0.2) is 28.9 Å². The smallest absolute Gasteiger partial charge is 0.247 e. The highest BCUT2D eigenvalue weighted by molar-refractivity contribution is 5.80. The Morgan fingerprint density at radius 3 is 2.61 bits per heavy atom. The highest BCUT2D eigenvalue weighted by Crippen LogP contribution is 2.44. The van der Waals surface area contributed by atoms with Crippen LogP contribution in [0.15, 0.2) is 35.3 Å². The van der Waals surface area contributed by atoms with Gasteiger partial charge in [0.2, 0.25) is 11.5 Å². The number of pyridine rings is 1. The average Bonchev–Trinajstić information content (AvgIpc) is 3.20. The minimum absolute atomic E-state index is 0.0472. The standard InChI is InChI=1S/C19H24N2O2/c22-18-4-2-15(12-20-18)9-13-5-7-21(8-6-13)19(23)17-11-14-1-3-16(17)10-14/h1-4,12-14,16-17H,5-11H2,(H,20,22)/t14-,16+,17+/m1/s1. The molecular formula is C19H24N2O2. The summed E-state index contributed by atoms with van der Waals surface area (Å²) in [5.41, 5.74) is 1.14. The molecule has 2 aliphatic carbocycles. The van der Waals surface area contributed by atoms with E-state index in [4.69, 9.17) is 0 Å². The number of rotatable bonds is 3. The summed E-state index contributed by atoms with van der Waals surface area (Å²) in [7, 11) is 0. The maximum Gasteiger partial charge on any atom is 0.247 e. The number of amides is 1. The first-order valence-corrected chi connectivity index (χ1v) is 8.84. The van der Waals surface area contributed by atoms with Crippen molar-refractivity contribution in [1.29, 1.82) is 0 Å². The summed E-state index contributed by atoms with van der Waals surface area (Å²) >= 11 is 0. The minimum Gasteiger partial charge on any atom is -0.342 e. The van der Waals surface area contributed by atoms with Gasteiger partial charge in [-0.25, -0.2) is 0 Å². The summed E-state index contributed by atoms with van der Waals surface area (Å²) in [6.07, 6.45) is 11.8. The summed E-state index contributed by atoms with van der Waals surface area (Å²) in [5, 5.41) is 0. The van der Waals surface area contributed by atoms with Gasteiger partial charge in [0.15, 0.2) is 0 Å². The third-order valence-electron chi connectivity index (χ3n) is 5.90. The normalized spacial score (nSPS) is 30.1. The van der Waals surface area contributed by atoms with Crippen molar-refractivity contribution in [3.8, 4) is 0 Å². The van der Waals surface area contributed by atoms with Gasteiger partial charge in [-0.1, -0.05) is 18.2 Å². The summed E-state index contributed by atoms with van der Waals surface area (Å²) in [6, 6.07) is 3.51. The van der Waals surface area contributed by atoms with Crippen LogP contribution in [0.5, 0.6) is 0 Å². The quantitative estimate of drug-likeness (QED) is 0.871. The number of allylic oxidation sites excluding steroid dienone is 2. The number of carbonyl (C=O) groups excluding carboxylic acids is 1. The molecule has 1 N–H and O–H groups in total. The van der Waals surface area contributed by atoms with E-state index in [1.54, 1.807) is 6.07 Å². The maximum atomic E-state index is 12.7. The lowest BCUT2D eigenvalue weighted by atomic mass is 9.88. The van der Waals surface area contributed by atoms with E-state index in [0.717, 1.165) is 38.8 Å². The van der Waals surface area contributed by atoms with Crippen LogP contribution in [0.4, 0.5) is 0 Å². The Balaban J connectivity index is 1.30. The molecule has 4 rings (SSSR count). The molecule has 1 aromatic rings. The molecule has 0 spiro atoms. The molecule has 2 fully saturated rings. The molecule has 1 amide bonds.